The number of nitrogens with one attached hydrogen (secondary N) is 1. The predicted molar refractivity (Wildman–Crippen MR) is 119 cm³/mol. The predicted octanol–water partition coefficient (Wildman–Crippen LogP) is 4.44. The lowest BCUT2D eigenvalue weighted by Crippen LogP contribution is -2.37. The van der Waals surface area contributed by atoms with Gasteiger partial charge in [-0.1, -0.05) is 41.9 Å². The van der Waals surface area contributed by atoms with Gasteiger partial charge in [-0.05, 0) is 49.1 Å². The summed E-state index contributed by atoms with van der Waals surface area (Å²) in [5.74, 6) is -0.180. The van der Waals surface area contributed by atoms with E-state index in [-0.39, 0.29) is 27.7 Å². The zero-order chi connectivity index (χ0) is 21.1. The highest BCUT2D eigenvalue weighted by Crippen LogP contribution is 2.26. The van der Waals surface area contributed by atoms with Crippen LogP contribution < -0.4 is 4.72 Å². The second-order valence-electron chi connectivity index (χ2n) is 7.09. The number of aromatic nitrogens is 1. The first kappa shape index (κ1) is 20.8. The Kier molecular flexibility index (Phi) is 6.08. The SMILES string of the molecule is O=C(c1csc(NS(=O)(=O)c2ccccc2)n1)N1CCCC1Cc1cccc(Cl)c1. The van der Waals surface area contributed by atoms with Gasteiger partial charge in [-0.25, -0.2) is 13.4 Å². The fourth-order valence-corrected chi connectivity index (χ4v) is 5.76. The number of carbonyl (C=O) groups excluding carboxylic acids is 1. The van der Waals surface area contributed by atoms with E-state index in [2.05, 4.69) is 9.71 Å². The van der Waals surface area contributed by atoms with Gasteiger partial charge in [-0.15, -0.1) is 11.3 Å². The molecule has 30 heavy (non-hydrogen) atoms. The summed E-state index contributed by atoms with van der Waals surface area (Å²) in [5, 5.41) is 2.45. The van der Waals surface area contributed by atoms with Gasteiger partial charge in [-0.2, -0.15) is 0 Å². The lowest BCUT2D eigenvalue weighted by atomic mass is 10.0. The molecule has 1 unspecified atom stereocenters. The number of nitrogens with zero attached hydrogens (tertiary/aromatic N) is 2. The number of carbonyl (C=O) groups is 1. The van der Waals surface area contributed by atoms with E-state index in [1.807, 2.05) is 29.2 Å². The molecule has 1 aromatic heterocycles. The molecule has 2 heterocycles. The number of sulfonamides is 1. The molecule has 0 radical (unpaired) electrons. The Bertz CT molecular complexity index is 1150. The third-order valence-corrected chi connectivity index (χ3v) is 7.47. The maximum Gasteiger partial charge on any atom is 0.273 e. The molecule has 3 aromatic rings. The van der Waals surface area contributed by atoms with Crippen LogP contribution in [0.15, 0.2) is 64.9 Å². The van der Waals surface area contributed by atoms with Gasteiger partial charge in [0, 0.05) is 23.0 Å². The number of benzene rings is 2. The van der Waals surface area contributed by atoms with E-state index in [9.17, 15) is 13.2 Å². The van der Waals surface area contributed by atoms with Gasteiger partial charge in [-0.3, -0.25) is 9.52 Å². The molecular formula is C21H20ClN3O3S2. The number of halogens is 1. The second-order valence-corrected chi connectivity index (χ2v) is 10.1. The molecule has 1 aliphatic heterocycles. The summed E-state index contributed by atoms with van der Waals surface area (Å²) in [6, 6.07) is 15.8. The lowest BCUT2D eigenvalue weighted by molar-refractivity contribution is 0.0731. The average molecular weight is 462 g/mol. The summed E-state index contributed by atoms with van der Waals surface area (Å²) < 4.78 is 27.4. The quantitative estimate of drug-likeness (QED) is 0.588. The summed E-state index contributed by atoms with van der Waals surface area (Å²) in [5.41, 5.74) is 1.34. The Morgan fingerprint density at radius 1 is 1.20 bits per heavy atom. The van der Waals surface area contributed by atoms with Crippen LogP contribution in [0.4, 0.5) is 5.13 Å². The van der Waals surface area contributed by atoms with Crippen LogP contribution in [-0.2, 0) is 16.4 Å². The first-order valence-corrected chi connectivity index (χ1v) is 12.3. The molecule has 1 fully saturated rings. The molecule has 1 aliphatic rings. The Morgan fingerprint density at radius 3 is 2.77 bits per heavy atom. The summed E-state index contributed by atoms with van der Waals surface area (Å²) in [4.78, 5) is 19.2. The minimum absolute atomic E-state index is 0.0714. The Hall–Kier alpha value is -2.42. The molecule has 1 saturated heterocycles. The Labute approximate surface area is 184 Å². The van der Waals surface area contributed by atoms with Gasteiger partial charge in [0.25, 0.3) is 15.9 Å². The summed E-state index contributed by atoms with van der Waals surface area (Å²) in [7, 11) is -3.74. The van der Waals surface area contributed by atoms with Crippen molar-refractivity contribution in [2.45, 2.75) is 30.2 Å². The minimum Gasteiger partial charge on any atom is -0.334 e. The summed E-state index contributed by atoms with van der Waals surface area (Å²) in [6.45, 7) is 0.659. The van der Waals surface area contributed by atoms with Crippen LogP contribution in [0.5, 0.6) is 0 Å². The number of thiazole rings is 1. The molecule has 1 atom stereocenters. The van der Waals surface area contributed by atoms with Gasteiger partial charge >= 0.3 is 0 Å². The molecule has 6 nitrogen and oxygen atoms in total. The molecule has 2 aromatic carbocycles. The Balaban J connectivity index is 1.47. The molecular weight excluding hydrogens is 442 g/mol. The fourth-order valence-electron chi connectivity index (χ4n) is 3.59. The second kappa shape index (κ2) is 8.75. The largest absolute Gasteiger partial charge is 0.334 e. The molecule has 0 bridgehead atoms. The van der Waals surface area contributed by atoms with Crippen LogP contribution in [-0.4, -0.2) is 36.8 Å². The molecule has 9 heteroatoms. The van der Waals surface area contributed by atoms with Gasteiger partial charge in [0.2, 0.25) is 0 Å². The van der Waals surface area contributed by atoms with Crippen molar-refractivity contribution in [1.82, 2.24) is 9.88 Å². The first-order valence-electron chi connectivity index (χ1n) is 9.51. The highest BCUT2D eigenvalue weighted by molar-refractivity contribution is 7.93. The average Bonchev–Trinajstić information content (AvgIpc) is 3.37. The van der Waals surface area contributed by atoms with Crippen LogP contribution in [0.25, 0.3) is 0 Å². The zero-order valence-electron chi connectivity index (χ0n) is 16.0. The number of hydrogen-bond acceptors (Lipinski definition) is 5. The number of rotatable bonds is 6. The number of anilines is 1. The maximum absolute atomic E-state index is 13.0. The molecule has 0 spiro atoms. The van der Waals surface area contributed by atoms with Crippen LogP contribution in [0.3, 0.4) is 0 Å². The van der Waals surface area contributed by atoms with Crippen LogP contribution in [0.2, 0.25) is 5.02 Å². The maximum atomic E-state index is 13.0. The van der Waals surface area contributed by atoms with E-state index in [4.69, 9.17) is 11.6 Å². The van der Waals surface area contributed by atoms with Crippen molar-refractivity contribution in [2.75, 3.05) is 11.3 Å². The molecule has 1 amide bonds. The number of hydrogen-bond donors (Lipinski definition) is 1. The molecule has 156 valence electrons. The standard InChI is InChI=1S/C21H20ClN3O3S2/c22-16-7-4-6-15(12-16)13-17-8-5-11-25(17)20(26)19-14-29-21(23-19)24-30(27,28)18-9-2-1-3-10-18/h1-4,6-7,9-10,12,14,17H,5,8,11,13H2,(H,23,24). The van der Waals surface area contributed by atoms with Crippen molar-refractivity contribution < 1.29 is 13.2 Å². The van der Waals surface area contributed by atoms with Crippen molar-refractivity contribution in [2.24, 2.45) is 0 Å². The van der Waals surface area contributed by atoms with Gasteiger partial charge in [0.1, 0.15) is 5.69 Å². The molecule has 0 aliphatic carbocycles. The summed E-state index contributed by atoms with van der Waals surface area (Å²) >= 11 is 7.18. The topological polar surface area (TPSA) is 79.4 Å². The minimum atomic E-state index is -3.74. The van der Waals surface area contributed by atoms with Crippen molar-refractivity contribution in [3.63, 3.8) is 0 Å². The first-order chi connectivity index (χ1) is 14.4. The highest BCUT2D eigenvalue weighted by atomic mass is 35.5. The van der Waals surface area contributed by atoms with E-state index < -0.39 is 10.0 Å². The third-order valence-electron chi connectivity index (χ3n) is 5.00. The third kappa shape index (κ3) is 4.66. The molecule has 1 N–H and O–H groups in total. The number of likely N-dealkylation sites (tertiary alicyclic amines) is 1. The van der Waals surface area contributed by atoms with E-state index in [1.165, 1.54) is 12.1 Å². The Morgan fingerprint density at radius 2 is 2.00 bits per heavy atom. The molecule has 0 saturated carbocycles. The number of amides is 1. The van der Waals surface area contributed by atoms with Crippen molar-refractivity contribution in [3.05, 3.63) is 76.3 Å². The highest BCUT2D eigenvalue weighted by Gasteiger charge is 2.31. The van der Waals surface area contributed by atoms with E-state index in [0.29, 0.717) is 11.6 Å². The smallest absolute Gasteiger partial charge is 0.273 e. The van der Waals surface area contributed by atoms with Gasteiger partial charge < -0.3 is 4.90 Å². The summed E-state index contributed by atoms with van der Waals surface area (Å²) in [6.07, 6.45) is 2.56. The van der Waals surface area contributed by atoms with Crippen molar-refractivity contribution >= 4 is 44.0 Å². The van der Waals surface area contributed by atoms with Crippen LogP contribution >= 0.6 is 22.9 Å². The normalized spacial score (nSPS) is 16.6. The van der Waals surface area contributed by atoms with Crippen LogP contribution in [0, 0.1) is 0 Å². The van der Waals surface area contributed by atoms with Crippen molar-refractivity contribution in [3.8, 4) is 0 Å². The van der Waals surface area contributed by atoms with E-state index in [1.54, 1.807) is 23.6 Å². The molecule has 4 rings (SSSR count). The fraction of sp³-hybridized carbons (Fsp3) is 0.238. The zero-order valence-corrected chi connectivity index (χ0v) is 18.4. The monoisotopic (exact) mass is 461 g/mol. The van der Waals surface area contributed by atoms with E-state index in [0.717, 1.165) is 36.2 Å². The van der Waals surface area contributed by atoms with E-state index >= 15 is 0 Å². The van der Waals surface area contributed by atoms with Crippen LogP contribution in [0.1, 0.15) is 28.9 Å². The van der Waals surface area contributed by atoms with Gasteiger partial charge in [0.15, 0.2) is 5.13 Å². The van der Waals surface area contributed by atoms with Crippen molar-refractivity contribution in [1.29, 1.82) is 0 Å². The lowest BCUT2D eigenvalue weighted by Gasteiger charge is -2.24. The van der Waals surface area contributed by atoms with Gasteiger partial charge in [0.05, 0.1) is 4.90 Å².